The number of ether oxygens (including phenoxy) is 1. The van der Waals surface area contributed by atoms with Crippen LogP contribution < -0.4 is 4.90 Å². The number of amides is 1. The van der Waals surface area contributed by atoms with Crippen molar-refractivity contribution in [3.05, 3.63) is 41.5 Å². The summed E-state index contributed by atoms with van der Waals surface area (Å²) >= 11 is 1.64. The lowest BCUT2D eigenvalue weighted by Crippen LogP contribution is -2.49. The molecule has 7 heteroatoms. The number of piperazine rings is 1. The van der Waals surface area contributed by atoms with Crippen molar-refractivity contribution in [3.63, 3.8) is 0 Å². The van der Waals surface area contributed by atoms with E-state index in [4.69, 9.17) is 14.7 Å². The molecule has 28 heavy (non-hydrogen) atoms. The number of benzene rings is 1. The first-order valence-electron chi connectivity index (χ1n) is 9.56. The molecular formula is C21H24N4O2S. The maximum absolute atomic E-state index is 12.0. The molecule has 0 aliphatic carbocycles. The molecule has 3 aromatic rings. The Morgan fingerprint density at radius 1 is 1.14 bits per heavy atom. The molecule has 0 radical (unpaired) electrons. The second-order valence-electron chi connectivity index (χ2n) is 6.81. The second-order valence-corrected chi connectivity index (χ2v) is 7.67. The normalized spacial score (nSPS) is 14.6. The number of anilines is 1. The first kappa shape index (κ1) is 18.8. The van der Waals surface area contributed by atoms with Crippen LogP contribution in [0.5, 0.6) is 0 Å². The molecule has 0 saturated carbocycles. The van der Waals surface area contributed by atoms with Crippen molar-refractivity contribution in [1.29, 1.82) is 0 Å². The Kier molecular flexibility index (Phi) is 5.54. The summed E-state index contributed by atoms with van der Waals surface area (Å²) in [6.45, 7) is 5.29. The summed E-state index contributed by atoms with van der Waals surface area (Å²) in [5.74, 6) is 1.85. The van der Waals surface area contributed by atoms with Crippen LogP contribution in [-0.2, 0) is 16.1 Å². The minimum absolute atomic E-state index is 0.216. The molecule has 1 fully saturated rings. The van der Waals surface area contributed by atoms with Crippen molar-refractivity contribution in [2.45, 2.75) is 20.0 Å². The van der Waals surface area contributed by atoms with Gasteiger partial charge in [0.15, 0.2) is 5.82 Å². The van der Waals surface area contributed by atoms with E-state index in [0.29, 0.717) is 18.9 Å². The minimum Gasteiger partial charge on any atom is -0.377 e. The highest BCUT2D eigenvalue weighted by Gasteiger charge is 2.25. The highest BCUT2D eigenvalue weighted by atomic mass is 32.1. The zero-order chi connectivity index (χ0) is 19.5. The molecule has 0 N–H and O–H groups in total. The lowest BCUT2D eigenvalue weighted by atomic mass is 10.1. The minimum atomic E-state index is 0.216. The van der Waals surface area contributed by atoms with E-state index in [1.165, 1.54) is 0 Å². The lowest BCUT2D eigenvalue weighted by molar-refractivity contribution is -0.131. The molecule has 0 bridgehead atoms. The molecular weight excluding hydrogens is 372 g/mol. The molecule has 1 aromatic carbocycles. The molecule has 6 nitrogen and oxygen atoms in total. The van der Waals surface area contributed by atoms with Crippen LogP contribution in [0.4, 0.5) is 5.82 Å². The zero-order valence-corrected chi connectivity index (χ0v) is 17.0. The summed E-state index contributed by atoms with van der Waals surface area (Å²) in [6.07, 6.45) is 0.554. The molecule has 1 saturated heterocycles. The number of hydrogen-bond acceptors (Lipinski definition) is 6. The van der Waals surface area contributed by atoms with Crippen LogP contribution in [-0.4, -0.2) is 54.1 Å². The van der Waals surface area contributed by atoms with Gasteiger partial charge in [-0.2, -0.15) is 0 Å². The average molecular weight is 397 g/mol. The lowest BCUT2D eigenvalue weighted by Gasteiger charge is -2.35. The van der Waals surface area contributed by atoms with Crippen molar-refractivity contribution in [2.75, 3.05) is 38.2 Å². The van der Waals surface area contributed by atoms with Crippen LogP contribution in [0.25, 0.3) is 21.3 Å². The van der Waals surface area contributed by atoms with Crippen molar-refractivity contribution >= 4 is 33.3 Å². The van der Waals surface area contributed by atoms with Gasteiger partial charge in [0.2, 0.25) is 5.91 Å². The fraction of sp³-hybridized carbons (Fsp3) is 0.381. The highest BCUT2D eigenvalue weighted by molar-refractivity contribution is 7.17. The Morgan fingerprint density at radius 2 is 1.89 bits per heavy atom. The zero-order valence-electron chi connectivity index (χ0n) is 16.2. The number of carbonyl (C=O) groups excluding carboxylic acids is 1. The molecule has 1 amide bonds. The Balaban J connectivity index is 1.75. The number of fused-ring (bicyclic) bond motifs is 1. The summed E-state index contributed by atoms with van der Waals surface area (Å²) in [5.41, 5.74) is 2.32. The number of aromatic nitrogens is 2. The number of rotatable bonds is 5. The number of methoxy groups -OCH3 is 1. The fourth-order valence-corrected chi connectivity index (χ4v) is 4.57. The largest absolute Gasteiger partial charge is 0.377 e. The van der Waals surface area contributed by atoms with Crippen molar-refractivity contribution in [1.82, 2.24) is 14.9 Å². The van der Waals surface area contributed by atoms with Crippen LogP contribution >= 0.6 is 11.3 Å². The van der Waals surface area contributed by atoms with Gasteiger partial charge in [0, 0.05) is 50.7 Å². The van der Waals surface area contributed by atoms with Crippen molar-refractivity contribution in [2.24, 2.45) is 0 Å². The van der Waals surface area contributed by atoms with E-state index in [0.717, 1.165) is 53.3 Å². The van der Waals surface area contributed by atoms with Gasteiger partial charge >= 0.3 is 0 Å². The van der Waals surface area contributed by atoms with Gasteiger partial charge in [-0.15, -0.1) is 11.3 Å². The van der Waals surface area contributed by atoms with Gasteiger partial charge in [-0.3, -0.25) is 4.79 Å². The summed E-state index contributed by atoms with van der Waals surface area (Å²) < 4.78 is 5.28. The number of carbonyl (C=O) groups is 1. The molecule has 2 aromatic heterocycles. The maximum Gasteiger partial charge on any atom is 0.222 e. The van der Waals surface area contributed by atoms with E-state index in [9.17, 15) is 4.79 Å². The van der Waals surface area contributed by atoms with Gasteiger partial charge in [0.1, 0.15) is 17.3 Å². The fourth-order valence-electron chi connectivity index (χ4n) is 3.61. The summed E-state index contributed by atoms with van der Waals surface area (Å²) in [5, 5.41) is 3.25. The van der Waals surface area contributed by atoms with Crippen molar-refractivity contribution < 1.29 is 9.53 Å². The standard InChI is InChI=1S/C21H24N4O2S/c1-3-18(26)24-9-11-25(12-10-24)20-19-16(15-7-5-4-6-8-15)14-28-21(19)23-17(22-20)13-27-2/h4-8,14H,3,9-13H2,1-2H3. The van der Waals surface area contributed by atoms with Crippen LogP contribution in [0.15, 0.2) is 35.7 Å². The second kappa shape index (κ2) is 8.24. The Labute approximate surface area is 168 Å². The number of hydrogen-bond donors (Lipinski definition) is 0. The van der Waals surface area contributed by atoms with Crippen LogP contribution in [0.3, 0.4) is 0 Å². The molecule has 1 aliphatic rings. The third kappa shape index (κ3) is 3.59. The van der Waals surface area contributed by atoms with E-state index in [1.54, 1.807) is 18.4 Å². The molecule has 0 unspecified atom stereocenters. The highest BCUT2D eigenvalue weighted by Crippen LogP contribution is 2.38. The number of nitrogens with zero attached hydrogens (tertiary/aromatic N) is 4. The average Bonchev–Trinajstić information content (AvgIpc) is 3.17. The topological polar surface area (TPSA) is 58.6 Å². The molecule has 4 rings (SSSR count). The van der Waals surface area contributed by atoms with E-state index in [-0.39, 0.29) is 5.91 Å². The molecule has 1 aliphatic heterocycles. The molecule has 0 spiro atoms. The van der Waals surface area contributed by atoms with Crippen LogP contribution in [0, 0.1) is 0 Å². The predicted octanol–water partition coefficient (Wildman–Crippen LogP) is 3.56. The van der Waals surface area contributed by atoms with Crippen molar-refractivity contribution in [3.8, 4) is 11.1 Å². The van der Waals surface area contributed by atoms with E-state index in [2.05, 4.69) is 22.4 Å². The molecule has 0 atom stereocenters. The van der Waals surface area contributed by atoms with Gasteiger partial charge < -0.3 is 14.5 Å². The third-order valence-electron chi connectivity index (χ3n) is 5.05. The third-order valence-corrected chi connectivity index (χ3v) is 5.93. The van der Waals surface area contributed by atoms with Gasteiger partial charge in [-0.05, 0) is 5.56 Å². The number of thiophene rings is 1. The monoisotopic (exact) mass is 396 g/mol. The van der Waals surface area contributed by atoms with Gasteiger partial charge in [0.05, 0.1) is 5.39 Å². The van der Waals surface area contributed by atoms with Crippen LogP contribution in [0.2, 0.25) is 0 Å². The van der Waals surface area contributed by atoms with Crippen LogP contribution in [0.1, 0.15) is 19.2 Å². The quantitative estimate of drug-likeness (QED) is 0.660. The Hall–Kier alpha value is -2.51. The molecule has 3 heterocycles. The summed E-state index contributed by atoms with van der Waals surface area (Å²) in [6, 6.07) is 10.4. The van der Waals surface area contributed by atoms with E-state index in [1.807, 2.05) is 30.0 Å². The van der Waals surface area contributed by atoms with Gasteiger partial charge in [-0.25, -0.2) is 9.97 Å². The first-order valence-corrected chi connectivity index (χ1v) is 10.4. The first-order chi connectivity index (χ1) is 13.7. The van der Waals surface area contributed by atoms with E-state index >= 15 is 0 Å². The molecule has 146 valence electrons. The SMILES string of the molecule is CCC(=O)N1CCN(c2nc(COC)nc3scc(-c4ccccc4)c23)CC1. The van der Waals surface area contributed by atoms with E-state index < -0.39 is 0 Å². The predicted molar refractivity (Wildman–Crippen MR) is 113 cm³/mol. The van der Waals surface area contributed by atoms with Gasteiger partial charge in [-0.1, -0.05) is 37.3 Å². The summed E-state index contributed by atoms with van der Waals surface area (Å²) in [7, 11) is 1.66. The Bertz CT molecular complexity index is 965. The Morgan fingerprint density at radius 3 is 2.57 bits per heavy atom. The maximum atomic E-state index is 12.0. The summed E-state index contributed by atoms with van der Waals surface area (Å²) in [4.78, 5) is 26.8. The van der Waals surface area contributed by atoms with Gasteiger partial charge in [0.25, 0.3) is 0 Å². The smallest absolute Gasteiger partial charge is 0.222 e.